The fourth-order valence-electron chi connectivity index (χ4n) is 2.81. The van der Waals surface area contributed by atoms with Gasteiger partial charge < -0.3 is 15.3 Å². The Labute approximate surface area is 117 Å². The van der Waals surface area contributed by atoms with Crippen molar-refractivity contribution in [1.82, 2.24) is 10.2 Å². The van der Waals surface area contributed by atoms with Gasteiger partial charge in [0, 0.05) is 37.7 Å². The fraction of sp³-hybridized carbons (Fsp3) is 0.467. The summed E-state index contributed by atoms with van der Waals surface area (Å²) in [6.45, 7) is 4.47. The molecule has 1 fully saturated rings. The molecule has 5 nitrogen and oxygen atoms in total. The largest absolute Gasteiger partial charge is 0.481 e. The quantitative estimate of drug-likeness (QED) is 0.865. The summed E-state index contributed by atoms with van der Waals surface area (Å²) in [6.07, 6.45) is 0. The zero-order valence-electron chi connectivity index (χ0n) is 11.4. The second-order valence-corrected chi connectivity index (χ2v) is 5.68. The van der Waals surface area contributed by atoms with Crippen LogP contribution in [0.5, 0.6) is 0 Å². The molecule has 20 heavy (non-hydrogen) atoms. The van der Waals surface area contributed by atoms with E-state index in [9.17, 15) is 9.59 Å². The van der Waals surface area contributed by atoms with Gasteiger partial charge in [-0.2, -0.15) is 0 Å². The van der Waals surface area contributed by atoms with Gasteiger partial charge >= 0.3 is 5.97 Å². The van der Waals surface area contributed by atoms with Gasteiger partial charge in [-0.15, -0.1) is 0 Å². The third-order valence-electron chi connectivity index (χ3n) is 4.38. The number of carbonyl (C=O) groups is 2. The second kappa shape index (κ2) is 4.90. The molecule has 1 saturated heterocycles. The molecule has 1 amide bonds. The van der Waals surface area contributed by atoms with Crippen LogP contribution in [0.3, 0.4) is 0 Å². The summed E-state index contributed by atoms with van der Waals surface area (Å²) in [5, 5.41) is 12.2. The predicted molar refractivity (Wildman–Crippen MR) is 73.2 cm³/mol. The van der Waals surface area contributed by atoms with Crippen LogP contribution in [0.25, 0.3) is 0 Å². The third-order valence-corrected chi connectivity index (χ3v) is 4.38. The number of hydrogen-bond donors (Lipinski definition) is 2. The number of nitrogens with zero attached hydrogens (tertiary/aromatic N) is 1. The molecule has 106 valence electrons. The van der Waals surface area contributed by atoms with Gasteiger partial charge in [-0.3, -0.25) is 9.59 Å². The summed E-state index contributed by atoms with van der Waals surface area (Å²) in [7, 11) is 0. The molecule has 0 aromatic heterocycles. The van der Waals surface area contributed by atoms with Gasteiger partial charge in [-0.1, -0.05) is 13.0 Å². The Bertz CT molecular complexity index is 564. The van der Waals surface area contributed by atoms with Crippen molar-refractivity contribution in [1.29, 1.82) is 0 Å². The minimum Gasteiger partial charge on any atom is -0.481 e. The molecule has 0 spiro atoms. The molecule has 0 saturated carbocycles. The molecule has 2 N–H and O–H groups in total. The smallest absolute Gasteiger partial charge is 0.306 e. The van der Waals surface area contributed by atoms with E-state index in [0.717, 1.165) is 13.1 Å². The Hall–Kier alpha value is -1.88. The fourth-order valence-corrected chi connectivity index (χ4v) is 2.81. The van der Waals surface area contributed by atoms with Crippen molar-refractivity contribution in [2.75, 3.05) is 13.1 Å². The number of rotatable bonds is 3. The lowest BCUT2D eigenvalue weighted by Gasteiger charge is -2.41. The third kappa shape index (κ3) is 2.18. The Morgan fingerprint density at radius 1 is 1.30 bits per heavy atom. The predicted octanol–water partition coefficient (Wildman–Crippen LogP) is 1.08. The van der Waals surface area contributed by atoms with Gasteiger partial charge in [0.05, 0.1) is 5.92 Å². The number of aliphatic carboxylic acids is 1. The normalized spacial score (nSPS) is 19.4. The summed E-state index contributed by atoms with van der Waals surface area (Å²) in [4.78, 5) is 25.0. The van der Waals surface area contributed by atoms with Crippen LogP contribution in [-0.4, -0.2) is 35.0 Å². The van der Waals surface area contributed by atoms with Crippen LogP contribution < -0.4 is 5.32 Å². The lowest BCUT2D eigenvalue weighted by Crippen LogP contribution is -2.53. The maximum atomic E-state index is 12.3. The van der Waals surface area contributed by atoms with E-state index >= 15 is 0 Å². The molecule has 0 bridgehead atoms. The number of likely N-dealkylation sites (tertiary alicyclic amines) is 1. The SMILES string of the molecule is CC(C(=O)O)C1CN(C(=O)c2ccc3c(c2)CNC3)C1. The lowest BCUT2D eigenvalue weighted by molar-refractivity contribution is -0.144. The molecule has 0 aliphatic carbocycles. The van der Waals surface area contributed by atoms with E-state index in [1.807, 2.05) is 18.2 Å². The number of amides is 1. The molecule has 5 heteroatoms. The zero-order valence-corrected chi connectivity index (χ0v) is 11.4. The summed E-state index contributed by atoms with van der Waals surface area (Å²) in [5.41, 5.74) is 3.14. The van der Waals surface area contributed by atoms with Crippen molar-refractivity contribution in [3.63, 3.8) is 0 Å². The zero-order chi connectivity index (χ0) is 14.3. The van der Waals surface area contributed by atoms with E-state index in [2.05, 4.69) is 5.32 Å². The summed E-state index contributed by atoms with van der Waals surface area (Å²) in [6, 6.07) is 5.81. The average molecular weight is 274 g/mol. The van der Waals surface area contributed by atoms with Gasteiger partial charge in [0.2, 0.25) is 0 Å². The van der Waals surface area contributed by atoms with E-state index in [1.54, 1.807) is 11.8 Å². The first-order chi connectivity index (χ1) is 9.56. The van der Waals surface area contributed by atoms with E-state index < -0.39 is 5.97 Å². The summed E-state index contributed by atoms with van der Waals surface area (Å²) >= 11 is 0. The second-order valence-electron chi connectivity index (χ2n) is 5.68. The van der Waals surface area contributed by atoms with Crippen LogP contribution in [0.2, 0.25) is 0 Å². The standard InChI is InChI=1S/C15H18N2O3/c1-9(15(19)20)13-7-17(8-13)14(18)10-2-3-11-5-16-6-12(11)4-10/h2-4,9,13,16H,5-8H2,1H3,(H,19,20). The topological polar surface area (TPSA) is 69.6 Å². The molecule has 2 aliphatic heterocycles. The molecule has 3 rings (SSSR count). The van der Waals surface area contributed by atoms with Gasteiger partial charge in [0.1, 0.15) is 0 Å². The Morgan fingerprint density at radius 2 is 2.00 bits per heavy atom. The van der Waals surface area contributed by atoms with Crippen LogP contribution in [0, 0.1) is 11.8 Å². The lowest BCUT2D eigenvalue weighted by atomic mass is 9.86. The summed E-state index contributed by atoms with van der Waals surface area (Å²) in [5.74, 6) is -1.09. The first-order valence-electron chi connectivity index (χ1n) is 6.91. The van der Waals surface area contributed by atoms with Crippen LogP contribution in [0.15, 0.2) is 18.2 Å². The molecule has 2 aliphatic rings. The van der Waals surface area contributed by atoms with Crippen molar-refractivity contribution in [3.05, 3.63) is 34.9 Å². The first-order valence-corrected chi connectivity index (χ1v) is 6.91. The molecule has 0 radical (unpaired) electrons. The van der Waals surface area contributed by atoms with Gasteiger partial charge in [-0.05, 0) is 23.3 Å². The minimum absolute atomic E-state index is 0.00791. The van der Waals surface area contributed by atoms with Crippen LogP contribution in [0.1, 0.15) is 28.4 Å². The molecule has 1 atom stereocenters. The number of fused-ring (bicyclic) bond motifs is 1. The van der Waals surface area contributed by atoms with Crippen LogP contribution in [0.4, 0.5) is 0 Å². The van der Waals surface area contributed by atoms with Crippen molar-refractivity contribution in [2.45, 2.75) is 20.0 Å². The monoisotopic (exact) mass is 274 g/mol. The van der Waals surface area contributed by atoms with Crippen LogP contribution in [-0.2, 0) is 17.9 Å². The number of carbonyl (C=O) groups excluding carboxylic acids is 1. The van der Waals surface area contributed by atoms with E-state index in [0.29, 0.717) is 18.7 Å². The highest BCUT2D eigenvalue weighted by molar-refractivity contribution is 5.95. The highest BCUT2D eigenvalue weighted by Crippen LogP contribution is 2.26. The first kappa shape index (κ1) is 13.1. The number of carboxylic acid groups (broad SMARTS) is 1. The van der Waals surface area contributed by atoms with Gasteiger partial charge in [0.15, 0.2) is 0 Å². The molecule has 1 aromatic rings. The molecule has 1 aromatic carbocycles. The van der Waals surface area contributed by atoms with Crippen molar-refractivity contribution >= 4 is 11.9 Å². The van der Waals surface area contributed by atoms with Crippen LogP contribution >= 0.6 is 0 Å². The number of hydrogen-bond acceptors (Lipinski definition) is 3. The molecular formula is C15H18N2O3. The van der Waals surface area contributed by atoms with Crippen molar-refractivity contribution < 1.29 is 14.7 Å². The van der Waals surface area contributed by atoms with Crippen molar-refractivity contribution in [2.24, 2.45) is 11.8 Å². The average Bonchev–Trinajstić information content (AvgIpc) is 2.83. The summed E-state index contributed by atoms with van der Waals surface area (Å²) < 4.78 is 0. The highest BCUT2D eigenvalue weighted by atomic mass is 16.4. The Balaban J connectivity index is 1.65. The van der Waals surface area contributed by atoms with Gasteiger partial charge in [-0.25, -0.2) is 0 Å². The highest BCUT2D eigenvalue weighted by Gasteiger charge is 2.37. The van der Waals surface area contributed by atoms with E-state index in [4.69, 9.17) is 5.11 Å². The minimum atomic E-state index is -0.786. The molecule has 2 heterocycles. The molecule has 1 unspecified atom stereocenters. The number of benzene rings is 1. The number of carboxylic acids is 1. The maximum absolute atomic E-state index is 12.3. The number of nitrogens with one attached hydrogen (secondary N) is 1. The maximum Gasteiger partial charge on any atom is 0.306 e. The van der Waals surface area contributed by atoms with Crippen molar-refractivity contribution in [3.8, 4) is 0 Å². The Kier molecular flexibility index (Phi) is 3.22. The molecular weight excluding hydrogens is 256 g/mol. The van der Waals surface area contributed by atoms with Gasteiger partial charge in [0.25, 0.3) is 5.91 Å². The van der Waals surface area contributed by atoms with E-state index in [1.165, 1.54) is 11.1 Å². The van der Waals surface area contributed by atoms with E-state index in [-0.39, 0.29) is 17.7 Å². The Morgan fingerprint density at radius 3 is 2.70 bits per heavy atom.